The highest BCUT2D eigenvalue weighted by molar-refractivity contribution is 9.08. The average Bonchev–Trinajstić information content (AvgIpc) is 2.30. The number of hydrogen-bond donors (Lipinski definition) is 1. The smallest absolute Gasteiger partial charge is 0.251 e. The van der Waals surface area contributed by atoms with Crippen LogP contribution in [-0.4, -0.2) is 4.98 Å². The van der Waals surface area contributed by atoms with Crippen molar-refractivity contribution in [2.45, 2.75) is 18.7 Å². The molecule has 1 heterocycles. The van der Waals surface area contributed by atoms with Crippen LogP contribution in [0.3, 0.4) is 0 Å². The molecular weight excluding hydrogens is 273 g/mol. The maximum atomic E-state index is 13.9. The zero-order valence-electron chi connectivity index (χ0n) is 8.81. The number of benzene rings is 1. The number of alkyl halides is 1. The highest BCUT2D eigenvalue weighted by atomic mass is 79.9. The summed E-state index contributed by atoms with van der Waals surface area (Å²) in [6, 6.07) is 5.30. The molecular formula is C12H11BrFNO. The molecule has 0 fully saturated rings. The Labute approximate surface area is 101 Å². The number of nitrogens with one attached hydrogen (secondary N) is 1. The van der Waals surface area contributed by atoms with E-state index in [0.717, 1.165) is 5.39 Å². The number of fused-ring (bicyclic) bond motifs is 1. The van der Waals surface area contributed by atoms with E-state index in [-0.39, 0.29) is 11.4 Å². The van der Waals surface area contributed by atoms with Crippen LogP contribution in [0.2, 0.25) is 0 Å². The fourth-order valence-electron chi connectivity index (χ4n) is 1.69. The molecule has 0 amide bonds. The Hall–Kier alpha value is -1.16. The monoisotopic (exact) mass is 283 g/mol. The van der Waals surface area contributed by atoms with Crippen LogP contribution in [0.5, 0.6) is 0 Å². The summed E-state index contributed by atoms with van der Waals surface area (Å²) >= 11 is 3.21. The van der Waals surface area contributed by atoms with Crippen LogP contribution in [-0.2, 0) is 11.8 Å². The molecule has 0 aliphatic carbocycles. The fourth-order valence-corrected chi connectivity index (χ4v) is 2.13. The number of rotatable bonds is 2. The van der Waals surface area contributed by atoms with Crippen molar-refractivity contribution < 1.29 is 4.39 Å². The SMILES string of the molecule is CCc1cc2ccc(CBr)c(F)c2[nH]c1=O. The van der Waals surface area contributed by atoms with Crippen molar-refractivity contribution in [2.24, 2.45) is 0 Å². The Morgan fingerprint density at radius 2 is 2.12 bits per heavy atom. The van der Waals surface area contributed by atoms with Crippen LogP contribution >= 0.6 is 15.9 Å². The van der Waals surface area contributed by atoms with Gasteiger partial charge in [0.25, 0.3) is 5.56 Å². The van der Waals surface area contributed by atoms with Crippen LogP contribution in [0.1, 0.15) is 18.1 Å². The van der Waals surface area contributed by atoms with E-state index in [0.29, 0.717) is 28.4 Å². The van der Waals surface area contributed by atoms with Crippen LogP contribution in [0.25, 0.3) is 10.9 Å². The van der Waals surface area contributed by atoms with Crippen molar-refractivity contribution in [1.82, 2.24) is 4.98 Å². The highest BCUT2D eigenvalue weighted by Gasteiger charge is 2.09. The van der Waals surface area contributed by atoms with Gasteiger partial charge in [-0.2, -0.15) is 0 Å². The number of H-pyrrole nitrogens is 1. The standard InChI is InChI=1S/C12H11BrFNO/c1-2-7-5-8-3-4-9(6-13)10(14)11(8)15-12(7)16/h3-5H,2,6H2,1H3,(H,15,16). The van der Waals surface area contributed by atoms with Gasteiger partial charge in [0, 0.05) is 21.8 Å². The van der Waals surface area contributed by atoms with Crippen molar-refractivity contribution >= 4 is 26.8 Å². The van der Waals surface area contributed by atoms with Crippen molar-refractivity contribution in [3.05, 3.63) is 45.5 Å². The second kappa shape index (κ2) is 4.37. The lowest BCUT2D eigenvalue weighted by Gasteiger charge is -2.05. The molecule has 1 aromatic carbocycles. The molecule has 0 unspecified atom stereocenters. The quantitative estimate of drug-likeness (QED) is 0.844. The first-order chi connectivity index (χ1) is 7.67. The summed E-state index contributed by atoms with van der Waals surface area (Å²) in [4.78, 5) is 14.2. The van der Waals surface area contributed by atoms with Crippen LogP contribution < -0.4 is 5.56 Å². The Kier molecular flexibility index (Phi) is 3.10. The van der Waals surface area contributed by atoms with Gasteiger partial charge in [0.05, 0.1) is 5.52 Å². The third kappa shape index (κ3) is 1.78. The Morgan fingerprint density at radius 1 is 1.38 bits per heavy atom. The predicted molar refractivity (Wildman–Crippen MR) is 66.5 cm³/mol. The molecule has 16 heavy (non-hydrogen) atoms. The van der Waals surface area contributed by atoms with E-state index in [1.54, 1.807) is 12.1 Å². The summed E-state index contributed by atoms with van der Waals surface area (Å²) in [5.41, 5.74) is 1.31. The zero-order chi connectivity index (χ0) is 11.7. The maximum absolute atomic E-state index is 13.9. The summed E-state index contributed by atoms with van der Waals surface area (Å²) in [6.45, 7) is 1.90. The van der Waals surface area contributed by atoms with Gasteiger partial charge in [-0.25, -0.2) is 4.39 Å². The number of aryl methyl sites for hydroxylation is 1. The molecule has 0 spiro atoms. The summed E-state index contributed by atoms with van der Waals surface area (Å²) in [5, 5.41) is 1.17. The summed E-state index contributed by atoms with van der Waals surface area (Å²) in [6.07, 6.45) is 0.646. The van der Waals surface area contributed by atoms with Crippen molar-refractivity contribution in [3.63, 3.8) is 0 Å². The Balaban J connectivity index is 2.81. The minimum Gasteiger partial charge on any atom is -0.319 e. The molecule has 0 radical (unpaired) electrons. The first kappa shape index (κ1) is 11.3. The van der Waals surface area contributed by atoms with Crippen LogP contribution in [0.4, 0.5) is 4.39 Å². The molecule has 0 aliphatic heterocycles. The Morgan fingerprint density at radius 3 is 2.75 bits per heavy atom. The van der Waals surface area contributed by atoms with E-state index >= 15 is 0 Å². The van der Waals surface area contributed by atoms with Crippen molar-refractivity contribution in [2.75, 3.05) is 0 Å². The van der Waals surface area contributed by atoms with E-state index in [1.165, 1.54) is 0 Å². The van der Waals surface area contributed by atoms with Gasteiger partial charge in [0.15, 0.2) is 5.82 Å². The van der Waals surface area contributed by atoms with Gasteiger partial charge in [-0.1, -0.05) is 35.0 Å². The average molecular weight is 284 g/mol. The molecule has 0 atom stereocenters. The van der Waals surface area contributed by atoms with E-state index in [4.69, 9.17) is 0 Å². The van der Waals surface area contributed by atoms with Crippen molar-refractivity contribution in [1.29, 1.82) is 0 Å². The number of aromatic amines is 1. The molecule has 4 heteroatoms. The molecule has 2 rings (SSSR count). The maximum Gasteiger partial charge on any atom is 0.251 e. The molecule has 2 nitrogen and oxygen atoms in total. The molecule has 2 aromatic rings. The van der Waals surface area contributed by atoms with E-state index < -0.39 is 0 Å². The Bertz CT molecular complexity index is 591. The molecule has 0 bridgehead atoms. The van der Waals surface area contributed by atoms with E-state index in [1.807, 2.05) is 13.0 Å². The van der Waals surface area contributed by atoms with Crippen LogP contribution in [0, 0.1) is 5.82 Å². The lowest BCUT2D eigenvalue weighted by atomic mass is 10.1. The molecule has 84 valence electrons. The highest BCUT2D eigenvalue weighted by Crippen LogP contribution is 2.20. The predicted octanol–water partition coefficient (Wildman–Crippen LogP) is 3.12. The molecule has 0 saturated heterocycles. The van der Waals surface area contributed by atoms with Gasteiger partial charge >= 0.3 is 0 Å². The zero-order valence-corrected chi connectivity index (χ0v) is 10.4. The van der Waals surface area contributed by atoms with E-state index in [2.05, 4.69) is 20.9 Å². The number of aromatic nitrogens is 1. The second-order valence-corrected chi connectivity index (χ2v) is 4.17. The normalized spacial score (nSPS) is 10.9. The molecule has 1 aromatic heterocycles. The van der Waals surface area contributed by atoms with Gasteiger partial charge in [-0.3, -0.25) is 4.79 Å². The van der Waals surface area contributed by atoms with Gasteiger partial charge in [-0.15, -0.1) is 0 Å². The summed E-state index contributed by atoms with van der Waals surface area (Å²) in [7, 11) is 0. The lowest BCUT2D eigenvalue weighted by molar-refractivity contribution is 0.626. The van der Waals surface area contributed by atoms with Gasteiger partial charge < -0.3 is 4.98 Å². The second-order valence-electron chi connectivity index (χ2n) is 3.61. The summed E-state index contributed by atoms with van der Waals surface area (Å²) in [5.74, 6) is -0.353. The first-order valence-corrected chi connectivity index (χ1v) is 6.18. The summed E-state index contributed by atoms with van der Waals surface area (Å²) < 4.78 is 13.9. The number of pyridine rings is 1. The van der Waals surface area contributed by atoms with E-state index in [9.17, 15) is 9.18 Å². The number of halogens is 2. The van der Waals surface area contributed by atoms with Crippen LogP contribution in [0.15, 0.2) is 23.0 Å². The topological polar surface area (TPSA) is 32.9 Å². The minimum absolute atomic E-state index is 0.208. The number of hydrogen-bond acceptors (Lipinski definition) is 1. The molecule has 0 aliphatic rings. The molecule has 1 N–H and O–H groups in total. The minimum atomic E-state index is -0.353. The third-order valence-electron chi connectivity index (χ3n) is 2.64. The fraction of sp³-hybridized carbons (Fsp3) is 0.250. The van der Waals surface area contributed by atoms with Gasteiger partial charge in [0.2, 0.25) is 0 Å². The van der Waals surface area contributed by atoms with Gasteiger partial charge in [0.1, 0.15) is 0 Å². The molecule has 0 saturated carbocycles. The third-order valence-corrected chi connectivity index (χ3v) is 3.24. The van der Waals surface area contributed by atoms with Crippen molar-refractivity contribution in [3.8, 4) is 0 Å². The largest absolute Gasteiger partial charge is 0.319 e. The first-order valence-electron chi connectivity index (χ1n) is 5.06. The van der Waals surface area contributed by atoms with Gasteiger partial charge in [-0.05, 0) is 12.5 Å². The lowest BCUT2D eigenvalue weighted by Crippen LogP contribution is -2.12.